The van der Waals surface area contributed by atoms with Crippen LogP contribution in [0.4, 0.5) is 0 Å². The topological polar surface area (TPSA) is 12.5 Å². The molecule has 0 aromatic carbocycles. The third-order valence-corrected chi connectivity index (χ3v) is 2.61. The van der Waals surface area contributed by atoms with Crippen molar-refractivity contribution in [3.05, 3.63) is 0 Å². The molecule has 0 heterocycles. The third kappa shape index (κ3) is 15.9. The van der Waals surface area contributed by atoms with Crippen LogP contribution in [0, 0.1) is 11.8 Å². The first-order chi connectivity index (χ1) is 7.52. The third-order valence-electron chi connectivity index (χ3n) is 2.61. The molecule has 0 aromatic heterocycles. The molecule has 0 amide bonds. The molecule has 0 spiro atoms. The minimum Gasteiger partial charge on any atom is -0.380 e. The van der Waals surface area contributed by atoms with E-state index in [1.54, 1.807) is 0 Å². The molecule has 17 heavy (non-hydrogen) atoms. The lowest BCUT2D eigenvalue weighted by Gasteiger charge is -2.18. The van der Waals surface area contributed by atoms with E-state index in [0.717, 1.165) is 38.1 Å². The number of nitrogens with zero attached hydrogens (tertiary/aromatic N) is 1. The number of hydrogen-bond donors (Lipinski definition) is 0. The summed E-state index contributed by atoms with van der Waals surface area (Å²) < 4.78 is 5.63. The normalized spacial score (nSPS) is 11.3. The van der Waals surface area contributed by atoms with Gasteiger partial charge in [-0.25, -0.2) is 0 Å². The predicted octanol–water partition coefficient (Wildman–Crippen LogP) is 4.05. The van der Waals surface area contributed by atoms with Gasteiger partial charge in [0, 0.05) is 19.7 Å². The van der Waals surface area contributed by atoms with Crippen molar-refractivity contribution >= 4 is 0 Å². The van der Waals surface area contributed by atoms with Gasteiger partial charge in [0.2, 0.25) is 0 Å². The van der Waals surface area contributed by atoms with Crippen molar-refractivity contribution in [2.45, 2.75) is 54.4 Å². The van der Waals surface area contributed by atoms with Crippen molar-refractivity contribution in [2.24, 2.45) is 11.8 Å². The molecule has 0 saturated heterocycles. The highest BCUT2D eigenvalue weighted by Gasteiger charge is 2.01. The minimum absolute atomic E-state index is 0. The molecule has 0 radical (unpaired) electrons. The van der Waals surface area contributed by atoms with E-state index in [-0.39, 0.29) is 7.43 Å². The van der Waals surface area contributed by atoms with Crippen molar-refractivity contribution in [1.29, 1.82) is 0 Å². The van der Waals surface area contributed by atoms with Crippen LogP contribution in [-0.4, -0.2) is 38.3 Å². The number of ether oxygens (including phenoxy) is 1. The summed E-state index contributed by atoms with van der Waals surface area (Å²) in [5.41, 5.74) is 0. The van der Waals surface area contributed by atoms with E-state index < -0.39 is 0 Å². The molecule has 106 valence electrons. The van der Waals surface area contributed by atoms with Crippen LogP contribution in [0.25, 0.3) is 0 Å². The molecular weight excluding hydrogens is 210 g/mol. The molecule has 0 saturated carbocycles. The highest BCUT2D eigenvalue weighted by Crippen LogP contribution is 2.05. The van der Waals surface area contributed by atoms with Crippen LogP contribution in [-0.2, 0) is 4.74 Å². The maximum absolute atomic E-state index is 5.63. The minimum atomic E-state index is 0. The molecule has 0 aliphatic carbocycles. The van der Waals surface area contributed by atoms with Gasteiger partial charge in [-0.05, 0) is 25.3 Å². The van der Waals surface area contributed by atoms with Crippen LogP contribution < -0.4 is 0 Å². The lowest BCUT2D eigenvalue weighted by Crippen LogP contribution is -2.27. The van der Waals surface area contributed by atoms with E-state index in [1.165, 1.54) is 19.3 Å². The molecule has 2 nitrogen and oxygen atoms in total. The lowest BCUT2D eigenvalue weighted by atomic mass is 10.1. The zero-order chi connectivity index (χ0) is 12.4. The Kier molecular flexibility index (Phi) is 14.0. The van der Waals surface area contributed by atoms with E-state index in [2.05, 4.69) is 39.6 Å². The predicted molar refractivity (Wildman–Crippen MR) is 78.6 cm³/mol. The second-order valence-corrected chi connectivity index (χ2v) is 5.66. The highest BCUT2D eigenvalue weighted by atomic mass is 16.5. The van der Waals surface area contributed by atoms with E-state index in [0.29, 0.717) is 0 Å². The molecule has 0 rings (SSSR count). The fraction of sp³-hybridized carbons (Fsp3) is 1.00. The number of rotatable bonds is 10. The van der Waals surface area contributed by atoms with Gasteiger partial charge in [-0.3, -0.25) is 0 Å². The largest absolute Gasteiger partial charge is 0.380 e. The van der Waals surface area contributed by atoms with E-state index in [9.17, 15) is 0 Å². The van der Waals surface area contributed by atoms with Gasteiger partial charge in [0.05, 0.1) is 6.61 Å². The van der Waals surface area contributed by atoms with E-state index >= 15 is 0 Å². The number of likely N-dealkylation sites (N-methyl/N-ethyl adjacent to an activating group) is 1. The summed E-state index contributed by atoms with van der Waals surface area (Å²) in [6, 6.07) is 0. The fourth-order valence-corrected chi connectivity index (χ4v) is 1.79. The summed E-state index contributed by atoms with van der Waals surface area (Å²) in [6.07, 6.45) is 3.85. The van der Waals surface area contributed by atoms with Gasteiger partial charge in [-0.1, -0.05) is 48.0 Å². The SMILES string of the molecule is C.CC(C)CCCCOCCN(C)CC(C)C. The quantitative estimate of drug-likeness (QED) is 0.538. The number of hydrogen-bond acceptors (Lipinski definition) is 2. The van der Waals surface area contributed by atoms with Gasteiger partial charge in [-0.15, -0.1) is 0 Å². The lowest BCUT2D eigenvalue weighted by molar-refractivity contribution is 0.105. The molecule has 0 aliphatic rings. The summed E-state index contributed by atoms with van der Waals surface area (Å²) in [4.78, 5) is 2.35. The molecule has 0 aromatic rings. The maximum atomic E-state index is 5.63. The van der Waals surface area contributed by atoms with Crippen LogP contribution in [0.3, 0.4) is 0 Å². The Morgan fingerprint density at radius 2 is 1.59 bits per heavy atom. The molecule has 0 N–H and O–H groups in total. The van der Waals surface area contributed by atoms with Crippen LogP contribution in [0.15, 0.2) is 0 Å². The summed E-state index contributed by atoms with van der Waals surface area (Å²) >= 11 is 0. The first-order valence-corrected chi connectivity index (χ1v) is 6.78. The van der Waals surface area contributed by atoms with Gasteiger partial charge in [0.25, 0.3) is 0 Å². The summed E-state index contributed by atoms with van der Waals surface area (Å²) in [5, 5.41) is 0. The van der Waals surface area contributed by atoms with Crippen LogP contribution >= 0.6 is 0 Å². The van der Waals surface area contributed by atoms with E-state index in [4.69, 9.17) is 4.74 Å². The Labute approximate surface area is 110 Å². The summed E-state index contributed by atoms with van der Waals surface area (Å²) in [6.45, 7) is 13.1. The second kappa shape index (κ2) is 12.4. The average molecular weight is 245 g/mol. The standard InChI is InChI=1S/C14H31NO.CH4/c1-13(2)8-6-7-10-16-11-9-15(5)12-14(3)4;/h13-14H,6-12H2,1-5H3;1H4. The van der Waals surface area contributed by atoms with Gasteiger partial charge in [-0.2, -0.15) is 0 Å². The van der Waals surface area contributed by atoms with Gasteiger partial charge >= 0.3 is 0 Å². The van der Waals surface area contributed by atoms with Crippen molar-refractivity contribution < 1.29 is 4.74 Å². The first kappa shape index (κ1) is 19.3. The molecule has 0 unspecified atom stereocenters. The second-order valence-electron chi connectivity index (χ2n) is 5.66. The Morgan fingerprint density at radius 1 is 0.941 bits per heavy atom. The molecule has 0 atom stereocenters. The van der Waals surface area contributed by atoms with Gasteiger partial charge < -0.3 is 9.64 Å². The first-order valence-electron chi connectivity index (χ1n) is 6.78. The molecule has 2 heteroatoms. The Balaban J connectivity index is 0. The smallest absolute Gasteiger partial charge is 0.0593 e. The zero-order valence-electron chi connectivity index (χ0n) is 12.0. The van der Waals surface area contributed by atoms with Crippen LogP contribution in [0.2, 0.25) is 0 Å². The average Bonchev–Trinajstić information content (AvgIpc) is 2.14. The molecule has 0 bridgehead atoms. The highest BCUT2D eigenvalue weighted by molar-refractivity contribution is 4.54. The fourth-order valence-electron chi connectivity index (χ4n) is 1.79. The van der Waals surface area contributed by atoms with Crippen molar-refractivity contribution in [3.8, 4) is 0 Å². The van der Waals surface area contributed by atoms with Crippen LogP contribution in [0.5, 0.6) is 0 Å². The Bertz CT molecular complexity index is 146. The van der Waals surface area contributed by atoms with Crippen molar-refractivity contribution in [3.63, 3.8) is 0 Å². The van der Waals surface area contributed by atoms with Crippen molar-refractivity contribution in [2.75, 3.05) is 33.4 Å². The maximum Gasteiger partial charge on any atom is 0.0593 e. The monoisotopic (exact) mass is 245 g/mol. The zero-order valence-corrected chi connectivity index (χ0v) is 12.0. The van der Waals surface area contributed by atoms with Gasteiger partial charge in [0.15, 0.2) is 0 Å². The van der Waals surface area contributed by atoms with Gasteiger partial charge in [0.1, 0.15) is 0 Å². The molecule has 0 fully saturated rings. The van der Waals surface area contributed by atoms with Crippen molar-refractivity contribution in [1.82, 2.24) is 4.90 Å². The summed E-state index contributed by atoms with van der Waals surface area (Å²) in [7, 11) is 2.17. The molecule has 0 aliphatic heterocycles. The van der Waals surface area contributed by atoms with Crippen LogP contribution in [0.1, 0.15) is 54.4 Å². The Morgan fingerprint density at radius 3 is 2.12 bits per heavy atom. The molecular formula is C15H35NO. The van der Waals surface area contributed by atoms with E-state index in [1.807, 2.05) is 0 Å². The number of unbranched alkanes of at least 4 members (excludes halogenated alkanes) is 1. The summed E-state index contributed by atoms with van der Waals surface area (Å²) in [5.74, 6) is 1.58. The Hall–Kier alpha value is -0.0800.